The summed E-state index contributed by atoms with van der Waals surface area (Å²) in [5.41, 5.74) is 5.94. The first-order valence-electron chi connectivity index (χ1n) is 4.80. The number of carbonyl (C=O) groups is 2. The molecule has 0 atom stereocenters. The van der Waals surface area contributed by atoms with Gasteiger partial charge in [0.05, 0.1) is 5.56 Å². The number of H-pyrrole nitrogens is 1. The number of fused-ring (bicyclic) bond motifs is 1. The van der Waals surface area contributed by atoms with E-state index in [1.54, 1.807) is 6.07 Å². The third kappa shape index (κ3) is 1.82. The van der Waals surface area contributed by atoms with Crippen molar-refractivity contribution in [2.45, 2.75) is 0 Å². The first-order valence-corrected chi connectivity index (χ1v) is 4.80. The molecular formula is C12H9FN2O2. The summed E-state index contributed by atoms with van der Waals surface area (Å²) in [6.07, 6.45) is 1.38. The maximum Gasteiger partial charge on any atom is 0.289 e. The number of aromatic amines is 1. The Morgan fingerprint density at radius 3 is 2.65 bits per heavy atom. The number of nitrogens with one attached hydrogen (secondary N) is 1. The molecule has 0 unspecified atom stereocenters. The van der Waals surface area contributed by atoms with Crippen molar-refractivity contribution in [2.24, 2.45) is 5.73 Å². The number of rotatable bonds is 3. The summed E-state index contributed by atoms with van der Waals surface area (Å²) in [7, 11) is 0. The zero-order chi connectivity index (χ0) is 12.6. The molecule has 0 aliphatic heterocycles. The van der Waals surface area contributed by atoms with Gasteiger partial charge in [0, 0.05) is 22.7 Å². The summed E-state index contributed by atoms with van der Waals surface area (Å²) in [6.45, 7) is 3.17. The second kappa shape index (κ2) is 3.86. The van der Waals surface area contributed by atoms with Crippen molar-refractivity contribution < 1.29 is 14.0 Å². The maximum absolute atomic E-state index is 13.0. The monoisotopic (exact) mass is 232 g/mol. The fourth-order valence-corrected chi connectivity index (χ4v) is 1.61. The molecule has 4 nitrogen and oxygen atoms in total. The minimum absolute atomic E-state index is 0.135. The number of hydrogen-bond acceptors (Lipinski definition) is 2. The number of primary amides is 1. The lowest BCUT2D eigenvalue weighted by Crippen LogP contribution is -2.22. The van der Waals surface area contributed by atoms with Crippen LogP contribution in [0, 0.1) is 0 Å². The lowest BCUT2D eigenvalue weighted by molar-refractivity contribution is -0.114. The van der Waals surface area contributed by atoms with E-state index in [1.807, 2.05) is 0 Å². The van der Waals surface area contributed by atoms with E-state index in [1.165, 1.54) is 18.3 Å². The third-order valence-corrected chi connectivity index (χ3v) is 2.46. The summed E-state index contributed by atoms with van der Waals surface area (Å²) in [6, 6.07) is 4.58. The molecule has 0 saturated carbocycles. The van der Waals surface area contributed by atoms with Gasteiger partial charge in [-0.25, -0.2) is 4.39 Å². The maximum atomic E-state index is 13.0. The van der Waals surface area contributed by atoms with E-state index in [2.05, 4.69) is 11.6 Å². The fraction of sp³-hybridized carbons (Fsp3) is 0. The standard InChI is InChI=1S/C12H9FN2O2/c1-6(13)7-2-3-10-8(4-7)9(5-15-10)11(16)12(14)17/h2-5,15H,1H2,(H2,14,17). The molecule has 0 aliphatic rings. The number of hydrogen-bond donors (Lipinski definition) is 2. The minimum Gasteiger partial charge on any atom is -0.363 e. The SMILES string of the molecule is C=C(F)c1ccc2[nH]cc(C(=O)C(N)=O)c2c1. The number of halogens is 1. The Labute approximate surface area is 95.9 Å². The zero-order valence-electron chi connectivity index (χ0n) is 8.79. The lowest BCUT2D eigenvalue weighted by atomic mass is 10.1. The van der Waals surface area contributed by atoms with Gasteiger partial charge in [-0.3, -0.25) is 9.59 Å². The number of carbonyl (C=O) groups excluding carboxylic acids is 2. The second-order valence-electron chi connectivity index (χ2n) is 3.56. The molecule has 17 heavy (non-hydrogen) atoms. The summed E-state index contributed by atoms with van der Waals surface area (Å²) in [4.78, 5) is 25.1. The molecule has 86 valence electrons. The predicted molar refractivity (Wildman–Crippen MR) is 62.0 cm³/mol. The smallest absolute Gasteiger partial charge is 0.289 e. The van der Waals surface area contributed by atoms with Crippen molar-refractivity contribution in [3.63, 3.8) is 0 Å². The molecule has 1 aromatic carbocycles. The number of aromatic nitrogens is 1. The van der Waals surface area contributed by atoms with Gasteiger partial charge in [0.1, 0.15) is 5.83 Å². The topological polar surface area (TPSA) is 75.9 Å². The van der Waals surface area contributed by atoms with Gasteiger partial charge >= 0.3 is 0 Å². The van der Waals surface area contributed by atoms with Gasteiger partial charge in [-0.2, -0.15) is 0 Å². The average molecular weight is 232 g/mol. The average Bonchev–Trinajstić information content (AvgIpc) is 2.70. The second-order valence-corrected chi connectivity index (χ2v) is 3.56. The number of ketones is 1. The summed E-state index contributed by atoms with van der Waals surface area (Å²) in [5, 5.41) is 0.449. The van der Waals surface area contributed by atoms with E-state index in [4.69, 9.17) is 5.73 Å². The molecule has 3 N–H and O–H groups in total. The molecule has 2 aromatic rings. The largest absolute Gasteiger partial charge is 0.363 e. The lowest BCUT2D eigenvalue weighted by Gasteiger charge is -1.98. The quantitative estimate of drug-likeness (QED) is 0.625. The van der Waals surface area contributed by atoms with Gasteiger partial charge in [0.15, 0.2) is 0 Å². The normalized spacial score (nSPS) is 10.4. The summed E-state index contributed by atoms with van der Waals surface area (Å²) in [5.74, 6) is -2.46. The van der Waals surface area contributed by atoms with Gasteiger partial charge in [0.25, 0.3) is 11.7 Å². The van der Waals surface area contributed by atoms with Crippen LogP contribution in [0.2, 0.25) is 0 Å². The van der Waals surface area contributed by atoms with E-state index in [0.29, 0.717) is 10.9 Å². The molecule has 0 saturated heterocycles. The number of amides is 1. The molecule has 1 amide bonds. The molecule has 0 radical (unpaired) electrons. The Morgan fingerprint density at radius 2 is 2.06 bits per heavy atom. The predicted octanol–water partition coefficient (Wildman–Crippen LogP) is 1.78. The Hall–Kier alpha value is -2.43. The van der Waals surface area contributed by atoms with Crippen LogP contribution < -0.4 is 5.73 Å². The van der Waals surface area contributed by atoms with E-state index < -0.39 is 17.5 Å². The molecule has 5 heteroatoms. The Morgan fingerprint density at radius 1 is 1.35 bits per heavy atom. The van der Waals surface area contributed by atoms with Gasteiger partial charge in [-0.1, -0.05) is 6.58 Å². The van der Waals surface area contributed by atoms with Crippen LogP contribution >= 0.6 is 0 Å². The van der Waals surface area contributed by atoms with E-state index >= 15 is 0 Å². The number of benzene rings is 1. The van der Waals surface area contributed by atoms with Gasteiger partial charge in [-0.15, -0.1) is 0 Å². The van der Waals surface area contributed by atoms with Crippen LogP contribution in [-0.4, -0.2) is 16.7 Å². The molecule has 2 rings (SSSR count). The van der Waals surface area contributed by atoms with Crippen LogP contribution in [0.4, 0.5) is 4.39 Å². The Kier molecular flexibility index (Phi) is 2.51. The summed E-state index contributed by atoms with van der Waals surface area (Å²) >= 11 is 0. The van der Waals surface area contributed by atoms with Crippen molar-refractivity contribution in [3.05, 3.63) is 42.1 Å². The Balaban J connectivity index is 2.66. The number of nitrogens with two attached hydrogens (primary N) is 1. The third-order valence-electron chi connectivity index (χ3n) is 2.46. The van der Waals surface area contributed by atoms with Crippen LogP contribution in [-0.2, 0) is 4.79 Å². The first-order chi connectivity index (χ1) is 8.00. The van der Waals surface area contributed by atoms with Gasteiger partial charge in [-0.05, 0) is 18.2 Å². The molecule has 0 fully saturated rings. The van der Waals surface area contributed by atoms with Crippen LogP contribution in [0.15, 0.2) is 31.0 Å². The van der Waals surface area contributed by atoms with Crippen LogP contribution in [0.25, 0.3) is 16.7 Å². The molecule has 0 bridgehead atoms. The molecule has 1 aromatic heterocycles. The number of Topliss-reactive ketones (excluding diaryl/α,β-unsaturated/α-hetero) is 1. The molecular weight excluding hydrogens is 223 g/mol. The zero-order valence-corrected chi connectivity index (χ0v) is 8.79. The summed E-state index contributed by atoms with van der Waals surface area (Å²) < 4.78 is 13.0. The Bertz CT molecular complexity index is 643. The molecule has 0 spiro atoms. The van der Waals surface area contributed by atoms with E-state index in [0.717, 1.165) is 0 Å². The highest BCUT2D eigenvalue weighted by molar-refractivity contribution is 6.44. The van der Waals surface area contributed by atoms with Gasteiger partial charge in [0.2, 0.25) is 0 Å². The van der Waals surface area contributed by atoms with Crippen molar-refractivity contribution in [1.82, 2.24) is 4.98 Å². The van der Waals surface area contributed by atoms with E-state index in [9.17, 15) is 14.0 Å². The van der Waals surface area contributed by atoms with Crippen molar-refractivity contribution in [1.29, 1.82) is 0 Å². The van der Waals surface area contributed by atoms with Gasteiger partial charge < -0.3 is 10.7 Å². The van der Waals surface area contributed by atoms with Crippen LogP contribution in [0.3, 0.4) is 0 Å². The van der Waals surface area contributed by atoms with Crippen molar-refractivity contribution >= 4 is 28.4 Å². The van der Waals surface area contributed by atoms with Crippen molar-refractivity contribution in [3.8, 4) is 0 Å². The highest BCUT2D eigenvalue weighted by atomic mass is 19.1. The highest BCUT2D eigenvalue weighted by Gasteiger charge is 2.17. The minimum atomic E-state index is -1.05. The fourth-order valence-electron chi connectivity index (χ4n) is 1.61. The molecule has 1 heterocycles. The van der Waals surface area contributed by atoms with Crippen molar-refractivity contribution in [2.75, 3.05) is 0 Å². The molecule has 0 aliphatic carbocycles. The van der Waals surface area contributed by atoms with Crippen LogP contribution in [0.1, 0.15) is 15.9 Å². The first kappa shape index (κ1) is 11.1. The van der Waals surface area contributed by atoms with E-state index in [-0.39, 0.29) is 11.1 Å². The highest BCUT2D eigenvalue weighted by Crippen LogP contribution is 2.23. The van der Waals surface area contributed by atoms with Crippen LogP contribution in [0.5, 0.6) is 0 Å².